The first-order chi connectivity index (χ1) is 27.2. The molecule has 5 rings (SSSR count). The van der Waals surface area contributed by atoms with Gasteiger partial charge in [0.25, 0.3) is 0 Å². The molecular formula is C36H53NO18S2-2. The number of rotatable bonds is 20. The van der Waals surface area contributed by atoms with E-state index in [-0.39, 0.29) is 79.9 Å². The molecule has 1 saturated heterocycles. The summed E-state index contributed by atoms with van der Waals surface area (Å²) < 4.78 is 44.4. The third-order valence-corrected chi connectivity index (χ3v) is 13.4. The van der Waals surface area contributed by atoms with Crippen LogP contribution in [0.5, 0.6) is 0 Å². The molecule has 1 heterocycles. The molecule has 0 aromatic carbocycles. The SMILES string of the molecule is C=C1C2CCC3C4(C)CC(O[C@@H]5O[C@@H](COC(=O)CCC(=O)NCC)[C@H](OSOO[O-])[C@@H](OSOO[O-])C5OC(=O)CC(C)C)CC(C(=O)O)C4CCC3(C2)[C@H]1O. The van der Waals surface area contributed by atoms with E-state index in [1.165, 1.54) is 0 Å². The molecular weight excluding hydrogens is 799 g/mol. The molecule has 1 aliphatic heterocycles. The van der Waals surface area contributed by atoms with E-state index in [0.717, 1.165) is 24.8 Å². The first kappa shape index (κ1) is 46.0. The van der Waals surface area contributed by atoms with Gasteiger partial charge in [0.2, 0.25) is 5.91 Å². The molecule has 13 atom stereocenters. The van der Waals surface area contributed by atoms with Crippen molar-refractivity contribution in [1.29, 1.82) is 0 Å². The fourth-order valence-corrected chi connectivity index (χ4v) is 11.2. The second kappa shape index (κ2) is 20.4. The summed E-state index contributed by atoms with van der Waals surface area (Å²) in [6.07, 6.45) is -5.10. The van der Waals surface area contributed by atoms with Crippen LogP contribution in [0.4, 0.5) is 0 Å². The number of aliphatic hydroxyl groups excluding tert-OH is 1. The van der Waals surface area contributed by atoms with Gasteiger partial charge in [-0.15, -0.1) is 8.67 Å². The maximum atomic E-state index is 13.3. The van der Waals surface area contributed by atoms with Crippen molar-refractivity contribution in [3.63, 3.8) is 0 Å². The largest absolute Gasteiger partial charge is 0.691 e. The number of esters is 2. The number of fused-ring (bicyclic) bond motifs is 3. The van der Waals surface area contributed by atoms with Crippen molar-refractivity contribution < 1.29 is 86.0 Å². The van der Waals surface area contributed by atoms with Gasteiger partial charge < -0.3 is 45.0 Å². The normalized spacial score (nSPS) is 37.3. The summed E-state index contributed by atoms with van der Waals surface area (Å²) in [7, 11) is 0. The summed E-state index contributed by atoms with van der Waals surface area (Å²) in [4.78, 5) is 51.0. The fourth-order valence-electron chi connectivity index (χ4n) is 10.4. The zero-order chi connectivity index (χ0) is 41.5. The van der Waals surface area contributed by atoms with E-state index in [1.807, 2.05) is 0 Å². The van der Waals surface area contributed by atoms with Gasteiger partial charge >= 0.3 is 17.9 Å². The Balaban J connectivity index is 1.47. The predicted molar refractivity (Wildman–Crippen MR) is 191 cm³/mol. The number of nitrogens with one attached hydrogen (secondary N) is 1. The Hall–Kier alpha value is -2.12. The topological polar surface area (TPSA) is 259 Å². The molecule has 3 N–H and O–H groups in total. The minimum Gasteiger partial charge on any atom is -0.691 e. The van der Waals surface area contributed by atoms with Crippen molar-refractivity contribution in [2.24, 2.45) is 40.4 Å². The molecule has 4 aliphatic carbocycles. The minimum atomic E-state index is -1.52. The quantitative estimate of drug-likeness (QED) is 0.0301. The zero-order valence-corrected chi connectivity index (χ0v) is 34.0. The molecule has 324 valence electrons. The monoisotopic (exact) mass is 851 g/mol. The van der Waals surface area contributed by atoms with Crippen LogP contribution in [0.1, 0.15) is 91.9 Å². The van der Waals surface area contributed by atoms with Crippen molar-refractivity contribution in [1.82, 2.24) is 5.32 Å². The van der Waals surface area contributed by atoms with Crippen molar-refractivity contribution in [2.45, 2.75) is 135 Å². The van der Waals surface area contributed by atoms with Gasteiger partial charge in [-0.2, -0.15) is 0 Å². The number of carboxylic acids is 1. The Bertz CT molecular complexity index is 1420. The number of amides is 1. The summed E-state index contributed by atoms with van der Waals surface area (Å²) in [6, 6.07) is 0. The first-order valence-electron chi connectivity index (χ1n) is 19.3. The Morgan fingerprint density at radius 1 is 1.00 bits per heavy atom. The Morgan fingerprint density at radius 3 is 2.35 bits per heavy atom. The molecule has 0 aromatic rings. The molecule has 4 saturated carbocycles. The van der Waals surface area contributed by atoms with Crippen molar-refractivity contribution in [3.05, 3.63) is 12.2 Å². The summed E-state index contributed by atoms with van der Waals surface area (Å²) in [5.74, 6) is -3.83. The second-order valence-corrected chi connectivity index (χ2v) is 17.2. The van der Waals surface area contributed by atoms with Crippen LogP contribution < -0.4 is 15.8 Å². The van der Waals surface area contributed by atoms with E-state index in [9.17, 15) is 39.9 Å². The van der Waals surface area contributed by atoms with Gasteiger partial charge in [-0.25, -0.2) is 0 Å². The van der Waals surface area contributed by atoms with Crippen LogP contribution in [0.2, 0.25) is 0 Å². The zero-order valence-electron chi connectivity index (χ0n) is 32.4. The molecule has 19 nitrogen and oxygen atoms in total. The number of carbonyl (C=O) groups excluding carboxylic acids is 3. The fraction of sp³-hybridized carbons (Fsp3) is 0.833. The lowest BCUT2D eigenvalue weighted by atomic mass is 9.43. The Kier molecular flexibility index (Phi) is 16.5. The highest BCUT2D eigenvalue weighted by atomic mass is 32.2. The van der Waals surface area contributed by atoms with E-state index in [1.54, 1.807) is 20.8 Å². The van der Waals surface area contributed by atoms with Crippen LogP contribution in [0.3, 0.4) is 0 Å². The lowest BCUT2D eigenvalue weighted by Gasteiger charge is -2.62. The minimum absolute atomic E-state index is 0.0317. The van der Waals surface area contributed by atoms with Crippen LogP contribution in [-0.2, 0) is 65.2 Å². The van der Waals surface area contributed by atoms with Crippen LogP contribution in [0, 0.1) is 40.4 Å². The number of hydrogen-bond donors (Lipinski definition) is 3. The smallest absolute Gasteiger partial charge is 0.306 e. The average Bonchev–Trinajstić information content (AvgIpc) is 3.33. The van der Waals surface area contributed by atoms with E-state index >= 15 is 0 Å². The number of carboxylic acid groups (broad SMARTS) is 1. The number of aliphatic hydroxyl groups is 1. The molecule has 8 unspecified atom stereocenters. The van der Waals surface area contributed by atoms with Crippen LogP contribution >= 0.6 is 24.6 Å². The van der Waals surface area contributed by atoms with Crippen LogP contribution in [0.25, 0.3) is 0 Å². The molecule has 1 spiro atoms. The first-order valence-corrected chi connectivity index (χ1v) is 20.6. The molecule has 2 bridgehead atoms. The number of carbonyl (C=O) groups is 4. The Morgan fingerprint density at radius 2 is 1.70 bits per heavy atom. The maximum absolute atomic E-state index is 13.3. The molecule has 5 fully saturated rings. The molecule has 1 amide bonds. The lowest BCUT2D eigenvalue weighted by molar-refractivity contribution is -0.778. The molecule has 5 aliphatic rings. The van der Waals surface area contributed by atoms with Crippen LogP contribution in [0.15, 0.2) is 12.2 Å². The van der Waals surface area contributed by atoms with Gasteiger partial charge in [-0.1, -0.05) is 27.4 Å². The number of ether oxygens (including phenoxy) is 4. The third kappa shape index (κ3) is 10.4. The molecule has 0 radical (unpaired) electrons. The molecule has 0 aromatic heterocycles. The average molecular weight is 852 g/mol. The van der Waals surface area contributed by atoms with E-state index in [0.29, 0.717) is 25.8 Å². The van der Waals surface area contributed by atoms with Gasteiger partial charge in [0.05, 0.1) is 24.5 Å². The van der Waals surface area contributed by atoms with Crippen molar-refractivity contribution >= 4 is 48.5 Å². The van der Waals surface area contributed by atoms with E-state index < -0.39 is 84.2 Å². The van der Waals surface area contributed by atoms with Gasteiger partial charge in [0.15, 0.2) is 37.0 Å². The van der Waals surface area contributed by atoms with Crippen LogP contribution in [-0.4, -0.2) is 90.1 Å². The maximum Gasteiger partial charge on any atom is 0.306 e. The predicted octanol–water partition coefficient (Wildman–Crippen LogP) is 2.10. The number of aliphatic carboxylic acids is 1. The van der Waals surface area contributed by atoms with Crippen molar-refractivity contribution in [3.8, 4) is 0 Å². The molecule has 57 heavy (non-hydrogen) atoms. The van der Waals surface area contributed by atoms with Gasteiger partial charge in [-0.05, 0) is 86.5 Å². The van der Waals surface area contributed by atoms with Gasteiger partial charge in [0, 0.05) is 24.8 Å². The number of hydrogen-bond acceptors (Lipinski definition) is 19. The molecule has 21 heteroatoms. The summed E-state index contributed by atoms with van der Waals surface area (Å²) in [5, 5.41) is 53.1. The van der Waals surface area contributed by atoms with Crippen molar-refractivity contribution in [2.75, 3.05) is 13.2 Å². The Labute approximate surface area is 339 Å². The second-order valence-electron chi connectivity index (χ2n) is 16.3. The lowest BCUT2D eigenvalue weighted by Crippen LogP contribution is -2.63. The van der Waals surface area contributed by atoms with E-state index in [4.69, 9.17) is 27.3 Å². The summed E-state index contributed by atoms with van der Waals surface area (Å²) >= 11 is 0.110. The highest BCUT2D eigenvalue weighted by Crippen LogP contribution is 2.70. The third-order valence-electron chi connectivity index (χ3n) is 12.6. The summed E-state index contributed by atoms with van der Waals surface area (Å²) in [6.45, 7) is 11.4. The highest BCUT2D eigenvalue weighted by molar-refractivity contribution is 7.90. The van der Waals surface area contributed by atoms with Gasteiger partial charge in [0.1, 0.15) is 24.9 Å². The highest BCUT2D eigenvalue weighted by Gasteiger charge is 2.67. The summed E-state index contributed by atoms with van der Waals surface area (Å²) in [5.41, 5.74) is -0.189. The van der Waals surface area contributed by atoms with E-state index in [2.05, 4.69) is 37.6 Å². The van der Waals surface area contributed by atoms with Gasteiger partial charge in [-0.3, -0.25) is 37.6 Å². The standard InChI is InChI=1S/C36H55NO18S2/c1-6-37-26(38)9-10-27(39)46-17-24-29(50-56-54-52-44)30(51-57-55-53-45)31(49-28(40)13-18(2)3)34(48-24)47-21-14-22(33(42)43)23-11-12-36-15-20(19(4)32(36)41)7-8-25(36)35(23,5)16-21/h18,20-25,29-32,34,41,44-45H,4,6-17H2,1-3,5H3,(H,37,38)(H,42,43)/p-2/t20?,21?,22?,23?,24-,25?,29-,30+,31?,32-,34+,35?,36?/m0/s1.